The number of amides is 1. The first-order valence-electron chi connectivity index (χ1n) is 9.26. The van der Waals surface area contributed by atoms with Crippen molar-refractivity contribution in [3.63, 3.8) is 0 Å². The summed E-state index contributed by atoms with van der Waals surface area (Å²) in [4.78, 5) is 13.0. The van der Waals surface area contributed by atoms with Crippen LogP contribution in [0, 0.1) is 13.8 Å². The van der Waals surface area contributed by atoms with Gasteiger partial charge in [0.25, 0.3) is 5.91 Å². The van der Waals surface area contributed by atoms with Crippen LogP contribution in [0.5, 0.6) is 0 Å². The molecule has 0 bridgehead atoms. The number of hydrogen-bond acceptors (Lipinski definition) is 3. The van der Waals surface area contributed by atoms with Crippen LogP contribution >= 0.6 is 11.6 Å². The van der Waals surface area contributed by atoms with E-state index >= 15 is 0 Å². The fourth-order valence-corrected chi connectivity index (χ4v) is 3.47. The van der Waals surface area contributed by atoms with E-state index in [9.17, 15) is 4.79 Å². The number of nitrogens with one attached hydrogen (secondary N) is 1. The molecule has 0 spiro atoms. The average Bonchev–Trinajstić information content (AvgIpc) is 3.36. The molecule has 146 valence electrons. The SMILES string of the molecule is Cc1ccc(-n2nc(-c3ccccc3Cl)cc2C(=O)NCc2ccco2)c(C)c1. The lowest BCUT2D eigenvalue weighted by Crippen LogP contribution is -2.25. The molecule has 2 heterocycles. The highest BCUT2D eigenvalue weighted by Crippen LogP contribution is 2.29. The Bertz CT molecular complexity index is 1160. The summed E-state index contributed by atoms with van der Waals surface area (Å²) in [5, 5.41) is 8.19. The Balaban J connectivity index is 1.77. The van der Waals surface area contributed by atoms with Gasteiger partial charge in [-0.1, -0.05) is 47.5 Å². The van der Waals surface area contributed by atoms with E-state index in [4.69, 9.17) is 21.1 Å². The van der Waals surface area contributed by atoms with E-state index in [-0.39, 0.29) is 5.91 Å². The smallest absolute Gasteiger partial charge is 0.270 e. The van der Waals surface area contributed by atoms with Crippen molar-refractivity contribution in [2.75, 3.05) is 0 Å². The number of benzene rings is 2. The minimum absolute atomic E-state index is 0.243. The topological polar surface area (TPSA) is 60.1 Å². The van der Waals surface area contributed by atoms with Crippen molar-refractivity contribution < 1.29 is 9.21 Å². The van der Waals surface area contributed by atoms with Crippen LogP contribution in [0.15, 0.2) is 71.3 Å². The van der Waals surface area contributed by atoms with Gasteiger partial charge in [-0.25, -0.2) is 4.68 Å². The highest BCUT2D eigenvalue weighted by molar-refractivity contribution is 6.33. The number of carbonyl (C=O) groups excluding carboxylic acids is 1. The van der Waals surface area contributed by atoms with E-state index in [0.717, 1.165) is 22.4 Å². The van der Waals surface area contributed by atoms with E-state index in [0.29, 0.717) is 28.7 Å². The molecular weight excluding hydrogens is 386 g/mol. The van der Waals surface area contributed by atoms with E-state index in [1.54, 1.807) is 23.1 Å². The number of aryl methyl sites for hydroxylation is 2. The van der Waals surface area contributed by atoms with E-state index in [1.807, 2.05) is 56.3 Å². The van der Waals surface area contributed by atoms with E-state index in [1.165, 1.54) is 0 Å². The van der Waals surface area contributed by atoms with Crippen LogP contribution in [0.1, 0.15) is 27.4 Å². The maximum absolute atomic E-state index is 13.0. The van der Waals surface area contributed by atoms with Crippen molar-refractivity contribution in [2.24, 2.45) is 0 Å². The molecule has 6 heteroatoms. The van der Waals surface area contributed by atoms with Crippen molar-refractivity contribution >= 4 is 17.5 Å². The number of hydrogen-bond donors (Lipinski definition) is 1. The fraction of sp³-hybridized carbons (Fsp3) is 0.130. The Labute approximate surface area is 173 Å². The standard InChI is InChI=1S/C23H20ClN3O2/c1-15-9-10-21(16(2)12-15)27-22(23(28)25-14-17-6-5-11-29-17)13-20(26-27)18-7-3-4-8-19(18)24/h3-13H,14H2,1-2H3,(H,25,28). The molecule has 0 aliphatic rings. The fourth-order valence-electron chi connectivity index (χ4n) is 3.24. The molecule has 2 aromatic heterocycles. The summed E-state index contributed by atoms with van der Waals surface area (Å²) < 4.78 is 6.97. The summed E-state index contributed by atoms with van der Waals surface area (Å²) in [7, 11) is 0. The van der Waals surface area contributed by atoms with Gasteiger partial charge in [0, 0.05) is 5.56 Å². The van der Waals surface area contributed by atoms with E-state index < -0.39 is 0 Å². The Hall–Kier alpha value is -3.31. The maximum atomic E-state index is 13.0. The third-order valence-electron chi connectivity index (χ3n) is 4.68. The predicted octanol–water partition coefficient (Wildman–Crippen LogP) is 5.33. The van der Waals surface area contributed by atoms with Crippen LogP contribution in [0.2, 0.25) is 5.02 Å². The first-order valence-corrected chi connectivity index (χ1v) is 9.64. The molecule has 4 rings (SSSR count). The second kappa shape index (κ2) is 7.97. The third-order valence-corrected chi connectivity index (χ3v) is 5.01. The van der Waals surface area contributed by atoms with Crippen LogP contribution in [-0.4, -0.2) is 15.7 Å². The molecular formula is C23H20ClN3O2. The lowest BCUT2D eigenvalue weighted by atomic mass is 10.1. The Morgan fingerprint density at radius 2 is 1.93 bits per heavy atom. The predicted molar refractivity (Wildman–Crippen MR) is 113 cm³/mol. The summed E-state index contributed by atoms with van der Waals surface area (Å²) in [6, 6.07) is 18.9. The van der Waals surface area contributed by atoms with Crippen molar-refractivity contribution in [3.05, 3.63) is 94.5 Å². The minimum Gasteiger partial charge on any atom is -0.467 e. The Kier molecular flexibility index (Phi) is 5.23. The zero-order valence-electron chi connectivity index (χ0n) is 16.1. The van der Waals surface area contributed by atoms with Gasteiger partial charge in [-0.2, -0.15) is 5.10 Å². The zero-order valence-corrected chi connectivity index (χ0v) is 16.9. The van der Waals surface area contributed by atoms with Gasteiger partial charge in [0.2, 0.25) is 0 Å². The second-order valence-corrected chi connectivity index (χ2v) is 7.27. The van der Waals surface area contributed by atoms with Gasteiger partial charge < -0.3 is 9.73 Å². The van der Waals surface area contributed by atoms with Crippen molar-refractivity contribution in [1.82, 2.24) is 15.1 Å². The summed E-state index contributed by atoms with van der Waals surface area (Å²) in [6.07, 6.45) is 1.58. The number of aromatic nitrogens is 2. The first-order chi connectivity index (χ1) is 14.0. The van der Waals surface area contributed by atoms with Crippen molar-refractivity contribution in [1.29, 1.82) is 0 Å². The van der Waals surface area contributed by atoms with Crippen LogP contribution in [0.3, 0.4) is 0 Å². The number of furan rings is 1. The molecule has 0 aliphatic carbocycles. The van der Waals surface area contributed by atoms with Crippen molar-refractivity contribution in [2.45, 2.75) is 20.4 Å². The van der Waals surface area contributed by atoms with Crippen LogP contribution < -0.4 is 5.32 Å². The molecule has 2 aromatic carbocycles. The highest BCUT2D eigenvalue weighted by atomic mass is 35.5. The lowest BCUT2D eigenvalue weighted by molar-refractivity contribution is 0.0940. The van der Waals surface area contributed by atoms with Gasteiger partial charge in [-0.3, -0.25) is 4.79 Å². The zero-order chi connectivity index (χ0) is 20.4. The Morgan fingerprint density at radius 1 is 1.10 bits per heavy atom. The molecule has 0 aliphatic heterocycles. The maximum Gasteiger partial charge on any atom is 0.270 e. The molecule has 5 nitrogen and oxygen atoms in total. The van der Waals surface area contributed by atoms with Crippen LogP contribution in [0.4, 0.5) is 0 Å². The molecule has 0 unspecified atom stereocenters. The molecule has 0 saturated carbocycles. The number of nitrogens with zero attached hydrogens (tertiary/aromatic N) is 2. The molecule has 0 radical (unpaired) electrons. The van der Waals surface area contributed by atoms with Gasteiger partial charge in [-0.05, 0) is 49.7 Å². The summed E-state index contributed by atoms with van der Waals surface area (Å²) in [5.74, 6) is 0.439. The van der Waals surface area contributed by atoms with Crippen LogP contribution in [-0.2, 0) is 6.54 Å². The molecule has 4 aromatic rings. The number of halogens is 1. The van der Waals surface area contributed by atoms with Gasteiger partial charge in [0.15, 0.2) is 0 Å². The van der Waals surface area contributed by atoms with Crippen molar-refractivity contribution in [3.8, 4) is 16.9 Å². The molecule has 0 fully saturated rings. The summed E-state index contributed by atoms with van der Waals surface area (Å²) in [5.41, 5.74) is 4.86. The largest absolute Gasteiger partial charge is 0.467 e. The average molecular weight is 406 g/mol. The highest BCUT2D eigenvalue weighted by Gasteiger charge is 2.20. The van der Waals surface area contributed by atoms with Gasteiger partial charge in [-0.15, -0.1) is 0 Å². The van der Waals surface area contributed by atoms with Gasteiger partial charge in [0.1, 0.15) is 11.5 Å². The number of carbonyl (C=O) groups is 1. The van der Waals surface area contributed by atoms with Crippen LogP contribution in [0.25, 0.3) is 16.9 Å². The molecule has 0 atom stereocenters. The monoisotopic (exact) mass is 405 g/mol. The third kappa shape index (κ3) is 3.96. The van der Waals surface area contributed by atoms with E-state index in [2.05, 4.69) is 11.4 Å². The second-order valence-electron chi connectivity index (χ2n) is 6.86. The summed E-state index contributed by atoms with van der Waals surface area (Å²) in [6.45, 7) is 4.33. The quantitative estimate of drug-likeness (QED) is 0.488. The lowest BCUT2D eigenvalue weighted by Gasteiger charge is -2.11. The molecule has 29 heavy (non-hydrogen) atoms. The molecule has 1 N–H and O–H groups in total. The molecule has 0 saturated heterocycles. The van der Waals surface area contributed by atoms with Gasteiger partial charge >= 0.3 is 0 Å². The Morgan fingerprint density at radius 3 is 2.66 bits per heavy atom. The number of rotatable bonds is 5. The van der Waals surface area contributed by atoms with Gasteiger partial charge in [0.05, 0.1) is 29.2 Å². The normalized spacial score (nSPS) is 10.9. The molecule has 1 amide bonds. The minimum atomic E-state index is -0.243. The summed E-state index contributed by atoms with van der Waals surface area (Å²) >= 11 is 6.36. The first kappa shape index (κ1) is 19.0.